The minimum absolute atomic E-state index is 0.0236. The van der Waals surface area contributed by atoms with Crippen molar-refractivity contribution in [3.63, 3.8) is 0 Å². The molecule has 4 nitrogen and oxygen atoms in total. The minimum Gasteiger partial charge on any atom is -0.385 e. The van der Waals surface area contributed by atoms with Gasteiger partial charge in [0.15, 0.2) is 0 Å². The molecule has 0 spiro atoms. The number of carbonyl (C=O) groups is 1. The number of nitrogens with zero attached hydrogens (tertiary/aromatic N) is 1. The quantitative estimate of drug-likeness (QED) is 0.739. The zero-order chi connectivity index (χ0) is 18.2. The van der Waals surface area contributed by atoms with E-state index in [1.807, 2.05) is 18.2 Å². The second-order valence-corrected chi connectivity index (χ2v) is 6.24. The van der Waals surface area contributed by atoms with E-state index < -0.39 is 0 Å². The number of carbonyl (C=O) groups excluding carboxylic acids is 1. The molecule has 0 fully saturated rings. The highest BCUT2D eigenvalue weighted by Crippen LogP contribution is 2.18. The maximum absolute atomic E-state index is 12.1. The Morgan fingerprint density at radius 3 is 2.16 bits per heavy atom. The van der Waals surface area contributed by atoms with Crippen LogP contribution in [0.5, 0.6) is 0 Å². The van der Waals surface area contributed by atoms with E-state index in [4.69, 9.17) is 0 Å². The molecule has 0 heterocycles. The van der Waals surface area contributed by atoms with Crippen LogP contribution in [0.15, 0.2) is 42.5 Å². The van der Waals surface area contributed by atoms with Crippen LogP contribution in [0.1, 0.15) is 31.4 Å². The summed E-state index contributed by atoms with van der Waals surface area (Å²) in [7, 11) is 0. The summed E-state index contributed by atoms with van der Waals surface area (Å²) in [6, 6.07) is 14.3. The minimum atomic E-state index is 0.0236. The highest BCUT2D eigenvalue weighted by atomic mass is 16.1. The van der Waals surface area contributed by atoms with Gasteiger partial charge in [0.1, 0.15) is 0 Å². The Kier molecular flexibility index (Phi) is 6.87. The van der Waals surface area contributed by atoms with E-state index in [1.165, 1.54) is 16.8 Å². The van der Waals surface area contributed by atoms with Crippen molar-refractivity contribution >= 4 is 23.0 Å². The number of hydrogen-bond acceptors (Lipinski definition) is 3. The molecule has 2 rings (SSSR count). The molecule has 2 aromatic rings. The van der Waals surface area contributed by atoms with Crippen molar-refractivity contribution in [3.05, 3.63) is 53.6 Å². The van der Waals surface area contributed by atoms with E-state index in [2.05, 4.69) is 67.5 Å². The molecule has 4 heteroatoms. The third-order valence-corrected chi connectivity index (χ3v) is 4.47. The van der Waals surface area contributed by atoms with Gasteiger partial charge >= 0.3 is 0 Å². The van der Waals surface area contributed by atoms with Gasteiger partial charge in [0.25, 0.3) is 0 Å². The second-order valence-electron chi connectivity index (χ2n) is 6.24. The van der Waals surface area contributed by atoms with Crippen LogP contribution in [0.3, 0.4) is 0 Å². The van der Waals surface area contributed by atoms with Crippen LogP contribution in [0.4, 0.5) is 17.1 Å². The van der Waals surface area contributed by atoms with Crippen molar-refractivity contribution in [1.82, 2.24) is 0 Å². The number of benzene rings is 2. The van der Waals surface area contributed by atoms with E-state index in [0.717, 1.165) is 24.5 Å². The summed E-state index contributed by atoms with van der Waals surface area (Å²) in [5.41, 5.74) is 5.53. The summed E-state index contributed by atoms with van der Waals surface area (Å²) >= 11 is 0. The normalized spacial score (nSPS) is 10.4. The Morgan fingerprint density at radius 1 is 0.920 bits per heavy atom. The van der Waals surface area contributed by atoms with Crippen LogP contribution < -0.4 is 15.5 Å². The first kappa shape index (κ1) is 18.8. The van der Waals surface area contributed by atoms with Crippen molar-refractivity contribution < 1.29 is 4.79 Å². The fourth-order valence-corrected chi connectivity index (χ4v) is 2.74. The third kappa shape index (κ3) is 5.52. The molecule has 0 aliphatic carbocycles. The molecule has 0 bridgehead atoms. The van der Waals surface area contributed by atoms with E-state index in [-0.39, 0.29) is 5.91 Å². The number of nitrogens with one attached hydrogen (secondary N) is 2. The Bertz CT molecular complexity index is 691. The third-order valence-electron chi connectivity index (χ3n) is 4.47. The highest BCUT2D eigenvalue weighted by molar-refractivity contribution is 5.91. The monoisotopic (exact) mass is 339 g/mol. The van der Waals surface area contributed by atoms with Gasteiger partial charge in [0, 0.05) is 43.1 Å². The van der Waals surface area contributed by atoms with Crippen LogP contribution in [0, 0.1) is 13.8 Å². The van der Waals surface area contributed by atoms with E-state index >= 15 is 0 Å². The van der Waals surface area contributed by atoms with Gasteiger partial charge in [0.2, 0.25) is 5.91 Å². The van der Waals surface area contributed by atoms with Crippen LogP contribution in [-0.2, 0) is 4.79 Å². The molecule has 1 amide bonds. The molecule has 0 aliphatic heterocycles. The average molecular weight is 339 g/mol. The number of rotatable bonds is 8. The summed E-state index contributed by atoms with van der Waals surface area (Å²) in [6.07, 6.45) is 0.435. The summed E-state index contributed by atoms with van der Waals surface area (Å²) in [4.78, 5) is 14.4. The predicted molar refractivity (Wildman–Crippen MR) is 108 cm³/mol. The lowest BCUT2D eigenvalue weighted by Gasteiger charge is -2.21. The topological polar surface area (TPSA) is 44.4 Å². The SMILES string of the molecule is CCN(CC)c1ccc(NCCC(=O)Nc2ccc(C)c(C)c2)cc1. The van der Waals surface area contributed by atoms with E-state index in [1.54, 1.807) is 0 Å². The smallest absolute Gasteiger partial charge is 0.226 e. The van der Waals surface area contributed by atoms with Gasteiger partial charge in [0.05, 0.1) is 0 Å². The largest absolute Gasteiger partial charge is 0.385 e. The molecular weight excluding hydrogens is 310 g/mol. The van der Waals surface area contributed by atoms with Crippen molar-refractivity contribution in [3.8, 4) is 0 Å². The van der Waals surface area contributed by atoms with Crippen LogP contribution in [0.25, 0.3) is 0 Å². The number of aryl methyl sites for hydroxylation is 2. The summed E-state index contributed by atoms with van der Waals surface area (Å²) in [5.74, 6) is 0.0236. The van der Waals surface area contributed by atoms with Gasteiger partial charge in [-0.3, -0.25) is 4.79 Å². The molecule has 0 saturated carbocycles. The van der Waals surface area contributed by atoms with Gasteiger partial charge in [-0.05, 0) is 75.2 Å². The zero-order valence-corrected chi connectivity index (χ0v) is 15.7. The standard InChI is InChI=1S/C21H29N3O/c1-5-24(6-2)20-11-9-18(10-12-20)22-14-13-21(25)23-19-8-7-16(3)17(4)15-19/h7-12,15,22H,5-6,13-14H2,1-4H3,(H,23,25). The first-order chi connectivity index (χ1) is 12.0. The molecule has 0 aromatic heterocycles. The maximum atomic E-state index is 12.1. The van der Waals surface area contributed by atoms with Gasteiger partial charge < -0.3 is 15.5 Å². The molecule has 0 radical (unpaired) electrons. The molecule has 25 heavy (non-hydrogen) atoms. The maximum Gasteiger partial charge on any atom is 0.226 e. The summed E-state index contributed by atoms with van der Waals surface area (Å²) in [5, 5.41) is 6.25. The Balaban J connectivity index is 1.79. The Labute approximate surface area is 151 Å². The van der Waals surface area contributed by atoms with Gasteiger partial charge in [-0.25, -0.2) is 0 Å². The van der Waals surface area contributed by atoms with Crippen LogP contribution in [-0.4, -0.2) is 25.5 Å². The Hall–Kier alpha value is -2.49. The first-order valence-corrected chi connectivity index (χ1v) is 8.99. The number of amides is 1. The second kappa shape index (κ2) is 9.11. The van der Waals surface area contributed by atoms with Gasteiger partial charge in [-0.2, -0.15) is 0 Å². The number of anilines is 3. The fraction of sp³-hybridized carbons (Fsp3) is 0.381. The molecule has 0 atom stereocenters. The molecule has 0 unspecified atom stereocenters. The molecule has 2 N–H and O–H groups in total. The predicted octanol–water partition coefficient (Wildman–Crippen LogP) is 4.59. The summed E-state index contributed by atoms with van der Waals surface area (Å²) < 4.78 is 0. The lowest BCUT2D eigenvalue weighted by molar-refractivity contribution is -0.115. The zero-order valence-electron chi connectivity index (χ0n) is 15.7. The Morgan fingerprint density at radius 2 is 1.56 bits per heavy atom. The average Bonchev–Trinajstić information content (AvgIpc) is 2.60. The van der Waals surface area contributed by atoms with E-state index in [9.17, 15) is 4.79 Å². The van der Waals surface area contributed by atoms with Gasteiger partial charge in [-0.15, -0.1) is 0 Å². The van der Waals surface area contributed by atoms with E-state index in [0.29, 0.717) is 13.0 Å². The molecule has 0 saturated heterocycles. The number of hydrogen-bond donors (Lipinski definition) is 2. The molecule has 2 aromatic carbocycles. The van der Waals surface area contributed by atoms with Crippen molar-refractivity contribution in [1.29, 1.82) is 0 Å². The highest BCUT2D eigenvalue weighted by Gasteiger charge is 2.04. The lowest BCUT2D eigenvalue weighted by atomic mass is 10.1. The lowest BCUT2D eigenvalue weighted by Crippen LogP contribution is -2.21. The first-order valence-electron chi connectivity index (χ1n) is 8.99. The molecule has 0 aliphatic rings. The van der Waals surface area contributed by atoms with Gasteiger partial charge in [-0.1, -0.05) is 6.07 Å². The molecule has 134 valence electrons. The van der Waals surface area contributed by atoms with Crippen LogP contribution >= 0.6 is 0 Å². The van der Waals surface area contributed by atoms with Crippen molar-refractivity contribution in [2.45, 2.75) is 34.1 Å². The van der Waals surface area contributed by atoms with Crippen molar-refractivity contribution in [2.75, 3.05) is 35.2 Å². The fourth-order valence-electron chi connectivity index (χ4n) is 2.74. The van der Waals surface area contributed by atoms with Crippen LogP contribution in [0.2, 0.25) is 0 Å². The summed E-state index contributed by atoms with van der Waals surface area (Å²) in [6.45, 7) is 11.0. The van der Waals surface area contributed by atoms with Crippen molar-refractivity contribution in [2.24, 2.45) is 0 Å². The molecular formula is C21H29N3O.